The Bertz CT molecular complexity index is 613. The monoisotopic (exact) mass is 346 g/mol. The van der Waals surface area contributed by atoms with Gasteiger partial charge in [0.1, 0.15) is 6.26 Å². The van der Waals surface area contributed by atoms with Crippen LogP contribution in [0.4, 0.5) is 4.79 Å². The molecule has 24 heavy (non-hydrogen) atoms. The molecular weight excluding hydrogens is 324 g/mol. The highest BCUT2D eigenvalue weighted by Crippen LogP contribution is 2.15. The molecule has 3 rings (SSSR count). The third-order valence-corrected chi connectivity index (χ3v) is 4.94. The standard InChI is InChI=1S/C17H22N4O2S/c22-17(18-7-13-24-16-4-2-1-3-5-16)21-10-8-20(9-11-21)14-15-6-12-23-19-15/h1-6,12H,7-11,13-14H2,(H,18,22). The highest BCUT2D eigenvalue weighted by Gasteiger charge is 2.21. The molecule has 0 aliphatic carbocycles. The van der Waals surface area contributed by atoms with Gasteiger partial charge in [0, 0.05) is 56.0 Å². The van der Waals surface area contributed by atoms with Crippen LogP contribution in [-0.2, 0) is 6.54 Å². The van der Waals surface area contributed by atoms with Crippen LogP contribution in [0.25, 0.3) is 0 Å². The van der Waals surface area contributed by atoms with Crippen molar-refractivity contribution in [2.45, 2.75) is 11.4 Å². The van der Waals surface area contributed by atoms with Crippen LogP contribution in [0.15, 0.2) is 52.1 Å². The fourth-order valence-corrected chi connectivity index (χ4v) is 3.40. The van der Waals surface area contributed by atoms with E-state index in [1.807, 2.05) is 29.2 Å². The number of carbonyl (C=O) groups is 1. The fraction of sp³-hybridized carbons (Fsp3) is 0.412. The summed E-state index contributed by atoms with van der Waals surface area (Å²) >= 11 is 1.75. The number of rotatable bonds is 6. The summed E-state index contributed by atoms with van der Waals surface area (Å²) in [6.45, 7) is 4.67. The molecule has 1 aromatic heterocycles. The van der Waals surface area contributed by atoms with Gasteiger partial charge in [-0.15, -0.1) is 11.8 Å². The summed E-state index contributed by atoms with van der Waals surface area (Å²) in [5.41, 5.74) is 0.936. The molecule has 0 saturated carbocycles. The quantitative estimate of drug-likeness (QED) is 0.642. The van der Waals surface area contributed by atoms with E-state index in [1.165, 1.54) is 4.90 Å². The van der Waals surface area contributed by atoms with Gasteiger partial charge in [0.15, 0.2) is 0 Å². The van der Waals surface area contributed by atoms with Crippen molar-refractivity contribution >= 4 is 17.8 Å². The number of carbonyl (C=O) groups excluding carboxylic acids is 1. The van der Waals surface area contributed by atoms with Crippen LogP contribution in [0.3, 0.4) is 0 Å². The summed E-state index contributed by atoms with van der Waals surface area (Å²) in [7, 11) is 0. The fourth-order valence-electron chi connectivity index (χ4n) is 2.61. The van der Waals surface area contributed by atoms with Crippen molar-refractivity contribution in [1.29, 1.82) is 0 Å². The van der Waals surface area contributed by atoms with Gasteiger partial charge in [-0.2, -0.15) is 0 Å². The third-order valence-electron chi connectivity index (χ3n) is 3.93. The van der Waals surface area contributed by atoms with Crippen molar-refractivity contribution in [2.75, 3.05) is 38.5 Å². The van der Waals surface area contributed by atoms with Crippen molar-refractivity contribution in [3.63, 3.8) is 0 Å². The second-order valence-electron chi connectivity index (χ2n) is 5.65. The lowest BCUT2D eigenvalue weighted by atomic mass is 10.3. The van der Waals surface area contributed by atoms with Crippen LogP contribution in [0, 0.1) is 0 Å². The van der Waals surface area contributed by atoms with Gasteiger partial charge in [0.2, 0.25) is 0 Å². The zero-order valence-corrected chi connectivity index (χ0v) is 14.4. The van der Waals surface area contributed by atoms with Crippen molar-refractivity contribution in [3.8, 4) is 0 Å². The molecule has 6 nitrogen and oxygen atoms in total. The lowest BCUT2D eigenvalue weighted by Crippen LogP contribution is -2.51. The van der Waals surface area contributed by atoms with Gasteiger partial charge in [0.05, 0.1) is 5.69 Å². The number of nitrogens with zero attached hydrogens (tertiary/aromatic N) is 3. The summed E-state index contributed by atoms with van der Waals surface area (Å²) in [5.74, 6) is 0.877. The minimum Gasteiger partial charge on any atom is -0.364 e. The molecule has 1 saturated heterocycles. The van der Waals surface area contributed by atoms with Gasteiger partial charge in [-0.1, -0.05) is 23.4 Å². The molecule has 1 aliphatic rings. The van der Waals surface area contributed by atoms with Gasteiger partial charge < -0.3 is 14.7 Å². The van der Waals surface area contributed by atoms with Crippen LogP contribution >= 0.6 is 11.8 Å². The summed E-state index contributed by atoms with van der Waals surface area (Å²) in [5, 5.41) is 6.93. The number of benzene rings is 1. The number of hydrogen-bond donors (Lipinski definition) is 1. The Balaban J connectivity index is 1.32. The van der Waals surface area contributed by atoms with E-state index in [9.17, 15) is 4.79 Å². The summed E-state index contributed by atoms with van der Waals surface area (Å²) in [6, 6.07) is 12.1. The molecular formula is C17H22N4O2S. The average Bonchev–Trinajstić information content (AvgIpc) is 3.13. The Kier molecular flexibility index (Phi) is 6.14. The van der Waals surface area contributed by atoms with E-state index in [1.54, 1.807) is 18.0 Å². The first-order valence-electron chi connectivity index (χ1n) is 8.13. The Morgan fingerprint density at radius 2 is 1.96 bits per heavy atom. The molecule has 2 heterocycles. The smallest absolute Gasteiger partial charge is 0.317 e. The SMILES string of the molecule is O=C(NCCSc1ccccc1)N1CCN(Cc2ccon2)CC1. The topological polar surface area (TPSA) is 61.6 Å². The maximum atomic E-state index is 12.2. The molecule has 0 radical (unpaired) electrons. The number of amides is 2. The zero-order chi connectivity index (χ0) is 16.6. The Morgan fingerprint density at radius 1 is 1.17 bits per heavy atom. The molecule has 1 fully saturated rings. The Labute approximate surface area is 146 Å². The van der Waals surface area contributed by atoms with E-state index in [0.29, 0.717) is 6.54 Å². The lowest BCUT2D eigenvalue weighted by molar-refractivity contribution is 0.134. The van der Waals surface area contributed by atoms with Gasteiger partial charge in [0.25, 0.3) is 0 Å². The lowest BCUT2D eigenvalue weighted by Gasteiger charge is -2.34. The molecule has 2 amide bonds. The van der Waals surface area contributed by atoms with E-state index in [-0.39, 0.29) is 6.03 Å². The first-order valence-corrected chi connectivity index (χ1v) is 9.12. The van der Waals surface area contributed by atoms with Crippen LogP contribution < -0.4 is 5.32 Å². The maximum Gasteiger partial charge on any atom is 0.317 e. The number of hydrogen-bond acceptors (Lipinski definition) is 5. The molecule has 7 heteroatoms. The number of urea groups is 1. The van der Waals surface area contributed by atoms with Gasteiger partial charge in [-0.3, -0.25) is 4.90 Å². The Hall–Kier alpha value is -1.99. The second kappa shape index (κ2) is 8.75. The van der Waals surface area contributed by atoms with E-state index in [2.05, 4.69) is 27.5 Å². The van der Waals surface area contributed by atoms with Crippen molar-refractivity contribution < 1.29 is 9.32 Å². The minimum absolute atomic E-state index is 0.0322. The van der Waals surface area contributed by atoms with Crippen LogP contribution in [0.5, 0.6) is 0 Å². The zero-order valence-electron chi connectivity index (χ0n) is 13.6. The molecule has 0 unspecified atom stereocenters. The van der Waals surface area contributed by atoms with Crippen molar-refractivity contribution in [2.24, 2.45) is 0 Å². The molecule has 1 aliphatic heterocycles. The molecule has 1 N–H and O–H groups in total. The summed E-state index contributed by atoms with van der Waals surface area (Å²) in [6.07, 6.45) is 1.59. The van der Waals surface area contributed by atoms with E-state index < -0.39 is 0 Å². The predicted molar refractivity (Wildman–Crippen MR) is 93.9 cm³/mol. The number of nitrogens with one attached hydrogen (secondary N) is 1. The van der Waals surface area contributed by atoms with Gasteiger partial charge >= 0.3 is 6.03 Å². The molecule has 0 spiro atoms. The molecule has 2 aromatic rings. The van der Waals surface area contributed by atoms with E-state index in [4.69, 9.17) is 4.52 Å². The van der Waals surface area contributed by atoms with Crippen LogP contribution in [0.1, 0.15) is 5.69 Å². The summed E-state index contributed by atoms with van der Waals surface area (Å²) in [4.78, 5) is 17.6. The number of piperazine rings is 1. The van der Waals surface area contributed by atoms with Crippen molar-refractivity contribution in [1.82, 2.24) is 20.3 Å². The Morgan fingerprint density at radius 3 is 2.67 bits per heavy atom. The van der Waals surface area contributed by atoms with E-state index >= 15 is 0 Å². The van der Waals surface area contributed by atoms with Crippen molar-refractivity contribution in [3.05, 3.63) is 48.4 Å². The first kappa shape index (κ1) is 16.9. The highest BCUT2D eigenvalue weighted by atomic mass is 32.2. The summed E-state index contributed by atoms with van der Waals surface area (Å²) < 4.78 is 4.85. The van der Waals surface area contributed by atoms with Gasteiger partial charge in [-0.25, -0.2) is 4.79 Å². The largest absolute Gasteiger partial charge is 0.364 e. The maximum absolute atomic E-state index is 12.2. The molecule has 1 aromatic carbocycles. The van der Waals surface area contributed by atoms with Crippen LogP contribution in [0.2, 0.25) is 0 Å². The normalized spacial score (nSPS) is 15.4. The minimum atomic E-state index is 0.0322. The predicted octanol–water partition coefficient (Wildman–Crippen LogP) is 2.29. The first-order chi connectivity index (χ1) is 11.8. The average molecular weight is 346 g/mol. The molecule has 0 bridgehead atoms. The van der Waals surface area contributed by atoms with Crippen LogP contribution in [-0.4, -0.2) is 59.5 Å². The highest BCUT2D eigenvalue weighted by molar-refractivity contribution is 7.99. The third kappa shape index (κ3) is 5.01. The van der Waals surface area contributed by atoms with Gasteiger partial charge in [-0.05, 0) is 12.1 Å². The number of thioether (sulfide) groups is 1. The molecule has 0 atom stereocenters. The van der Waals surface area contributed by atoms with E-state index in [0.717, 1.165) is 44.2 Å². The second-order valence-corrected chi connectivity index (χ2v) is 6.82. The number of aromatic nitrogens is 1. The molecule has 128 valence electrons.